The molecule has 0 aliphatic heterocycles. The van der Waals surface area contributed by atoms with Gasteiger partial charge in [0.1, 0.15) is 0 Å². The van der Waals surface area contributed by atoms with Crippen molar-refractivity contribution in [2.45, 2.75) is 31.5 Å². The molecule has 2 heteroatoms. The summed E-state index contributed by atoms with van der Waals surface area (Å²) in [6, 6.07) is 8.68. The molecule has 86 valence electrons. The van der Waals surface area contributed by atoms with Crippen LogP contribution in [0.4, 0.5) is 0 Å². The van der Waals surface area contributed by atoms with Crippen molar-refractivity contribution in [1.82, 2.24) is 0 Å². The van der Waals surface area contributed by atoms with Crippen LogP contribution in [0.15, 0.2) is 29.6 Å². The van der Waals surface area contributed by atoms with Crippen molar-refractivity contribution in [2.24, 2.45) is 5.92 Å². The number of halogens is 1. The minimum atomic E-state index is 0.499. The molecular formula is C14H17BrS. The standard InChI is InChI=1S/C14H17BrS/c1-3-10(4-2)14(15)12-9-16-13-8-6-5-7-11(12)13/h5-10,14H,3-4H2,1-2H3. The van der Waals surface area contributed by atoms with Crippen LogP contribution in [0.2, 0.25) is 0 Å². The predicted octanol–water partition coefficient (Wildman–Crippen LogP) is 5.77. The van der Waals surface area contributed by atoms with Crippen LogP contribution in [0, 0.1) is 5.92 Å². The fraction of sp³-hybridized carbons (Fsp3) is 0.429. The number of alkyl halides is 1. The van der Waals surface area contributed by atoms with Gasteiger partial charge in [0, 0.05) is 9.53 Å². The van der Waals surface area contributed by atoms with Gasteiger partial charge in [-0.3, -0.25) is 0 Å². The van der Waals surface area contributed by atoms with E-state index in [0.717, 1.165) is 5.92 Å². The molecule has 0 amide bonds. The summed E-state index contributed by atoms with van der Waals surface area (Å²) in [7, 11) is 0. The highest BCUT2D eigenvalue weighted by atomic mass is 79.9. The molecule has 1 atom stereocenters. The second-order valence-electron chi connectivity index (χ2n) is 4.17. The fourth-order valence-corrected chi connectivity index (χ4v) is 4.47. The highest BCUT2D eigenvalue weighted by molar-refractivity contribution is 9.09. The lowest BCUT2D eigenvalue weighted by Gasteiger charge is -2.19. The normalized spacial score (nSPS) is 13.5. The maximum Gasteiger partial charge on any atom is 0.0437 e. The van der Waals surface area contributed by atoms with E-state index in [-0.39, 0.29) is 0 Å². The van der Waals surface area contributed by atoms with Gasteiger partial charge in [-0.2, -0.15) is 0 Å². The monoisotopic (exact) mass is 296 g/mol. The van der Waals surface area contributed by atoms with Crippen molar-refractivity contribution in [2.75, 3.05) is 0 Å². The lowest BCUT2D eigenvalue weighted by Crippen LogP contribution is -2.04. The summed E-state index contributed by atoms with van der Waals surface area (Å²) in [5, 5.41) is 3.73. The van der Waals surface area contributed by atoms with E-state index in [4.69, 9.17) is 0 Å². The lowest BCUT2D eigenvalue weighted by atomic mass is 9.94. The Morgan fingerprint density at radius 3 is 2.56 bits per heavy atom. The van der Waals surface area contributed by atoms with E-state index in [1.54, 1.807) is 0 Å². The summed E-state index contributed by atoms with van der Waals surface area (Å²) >= 11 is 5.73. The van der Waals surface area contributed by atoms with Crippen LogP contribution < -0.4 is 0 Å². The van der Waals surface area contributed by atoms with Gasteiger partial charge in [0.05, 0.1) is 0 Å². The molecular weight excluding hydrogens is 280 g/mol. The molecule has 0 fully saturated rings. The molecule has 0 spiro atoms. The van der Waals surface area contributed by atoms with Crippen LogP contribution in [0.5, 0.6) is 0 Å². The zero-order valence-electron chi connectivity index (χ0n) is 9.74. The smallest absolute Gasteiger partial charge is 0.0437 e. The zero-order chi connectivity index (χ0) is 11.5. The third-order valence-electron chi connectivity index (χ3n) is 3.27. The number of thiophene rings is 1. The largest absolute Gasteiger partial charge is 0.143 e. The van der Waals surface area contributed by atoms with Gasteiger partial charge in [0.2, 0.25) is 0 Å². The first kappa shape index (κ1) is 12.1. The van der Waals surface area contributed by atoms with Crippen LogP contribution in [-0.2, 0) is 0 Å². The summed E-state index contributed by atoms with van der Waals surface area (Å²) < 4.78 is 1.40. The molecule has 1 aromatic heterocycles. The Kier molecular flexibility index (Phi) is 4.04. The van der Waals surface area contributed by atoms with Gasteiger partial charge >= 0.3 is 0 Å². The van der Waals surface area contributed by atoms with Gasteiger partial charge in [-0.05, 0) is 28.3 Å². The average Bonchev–Trinajstić information content (AvgIpc) is 2.74. The molecule has 0 aliphatic carbocycles. The Balaban J connectivity index is 2.39. The van der Waals surface area contributed by atoms with E-state index in [2.05, 4.69) is 59.4 Å². The highest BCUT2D eigenvalue weighted by Crippen LogP contribution is 2.40. The number of fused-ring (bicyclic) bond motifs is 1. The minimum absolute atomic E-state index is 0.499. The SMILES string of the molecule is CCC(CC)C(Br)c1csc2ccccc12. The Hall–Kier alpha value is -0.340. The summed E-state index contributed by atoms with van der Waals surface area (Å²) in [6.45, 7) is 4.55. The van der Waals surface area contributed by atoms with Crippen molar-refractivity contribution in [3.05, 3.63) is 35.2 Å². The predicted molar refractivity (Wildman–Crippen MR) is 77.6 cm³/mol. The molecule has 0 nitrogen and oxygen atoms in total. The summed E-state index contributed by atoms with van der Waals surface area (Å²) in [4.78, 5) is 0.499. The maximum atomic E-state index is 3.88. The second-order valence-corrected chi connectivity index (χ2v) is 6.06. The molecule has 0 aliphatic rings. The van der Waals surface area contributed by atoms with Crippen LogP contribution in [-0.4, -0.2) is 0 Å². The molecule has 1 unspecified atom stereocenters. The van der Waals surface area contributed by atoms with E-state index in [9.17, 15) is 0 Å². The Morgan fingerprint density at radius 1 is 1.19 bits per heavy atom. The van der Waals surface area contributed by atoms with Gasteiger partial charge in [-0.25, -0.2) is 0 Å². The molecule has 16 heavy (non-hydrogen) atoms. The van der Waals surface area contributed by atoms with Crippen molar-refractivity contribution < 1.29 is 0 Å². The van der Waals surface area contributed by atoms with Gasteiger partial charge in [-0.15, -0.1) is 11.3 Å². The third-order valence-corrected chi connectivity index (χ3v) is 5.49. The van der Waals surface area contributed by atoms with Crippen LogP contribution in [0.1, 0.15) is 37.1 Å². The Morgan fingerprint density at radius 2 is 1.88 bits per heavy atom. The molecule has 0 radical (unpaired) electrons. The lowest BCUT2D eigenvalue weighted by molar-refractivity contribution is 0.489. The van der Waals surface area contributed by atoms with Gasteiger partial charge in [0.25, 0.3) is 0 Å². The van der Waals surface area contributed by atoms with Crippen LogP contribution in [0.3, 0.4) is 0 Å². The molecule has 1 aromatic carbocycles. The van der Waals surface area contributed by atoms with Crippen LogP contribution in [0.25, 0.3) is 10.1 Å². The molecule has 2 rings (SSSR count). The first-order valence-corrected chi connectivity index (χ1v) is 7.67. The van der Waals surface area contributed by atoms with Crippen molar-refractivity contribution in [3.8, 4) is 0 Å². The second kappa shape index (κ2) is 5.33. The average molecular weight is 297 g/mol. The quantitative estimate of drug-likeness (QED) is 0.628. The van der Waals surface area contributed by atoms with E-state index < -0.39 is 0 Å². The number of hydrogen-bond donors (Lipinski definition) is 0. The van der Waals surface area contributed by atoms with E-state index in [1.807, 2.05) is 11.3 Å². The topological polar surface area (TPSA) is 0 Å². The van der Waals surface area contributed by atoms with E-state index in [0.29, 0.717) is 4.83 Å². The molecule has 2 aromatic rings. The molecule has 0 saturated carbocycles. The van der Waals surface area contributed by atoms with Crippen molar-refractivity contribution in [1.29, 1.82) is 0 Å². The first-order valence-electron chi connectivity index (χ1n) is 5.88. The fourth-order valence-electron chi connectivity index (χ4n) is 2.17. The zero-order valence-corrected chi connectivity index (χ0v) is 12.1. The first-order chi connectivity index (χ1) is 7.77. The number of rotatable bonds is 4. The van der Waals surface area contributed by atoms with Gasteiger partial charge < -0.3 is 0 Å². The Labute approximate surface area is 110 Å². The van der Waals surface area contributed by atoms with Gasteiger partial charge in [-0.1, -0.05) is 60.8 Å². The van der Waals surface area contributed by atoms with E-state index >= 15 is 0 Å². The van der Waals surface area contributed by atoms with Crippen molar-refractivity contribution in [3.63, 3.8) is 0 Å². The molecule has 0 bridgehead atoms. The number of hydrogen-bond acceptors (Lipinski definition) is 1. The minimum Gasteiger partial charge on any atom is -0.143 e. The highest BCUT2D eigenvalue weighted by Gasteiger charge is 2.20. The van der Waals surface area contributed by atoms with E-state index in [1.165, 1.54) is 28.5 Å². The summed E-state index contributed by atoms with van der Waals surface area (Å²) in [6.07, 6.45) is 2.47. The number of benzene rings is 1. The van der Waals surface area contributed by atoms with Crippen molar-refractivity contribution >= 4 is 37.4 Å². The van der Waals surface area contributed by atoms with Gasteiger partial charge in [0.15, 0.2) is 0 Å². The molecule has 0 N–H and O–H groups in total. The summed E-state index contributed by atoms with van der Waals surface area (Å²) in [5.41, 5.74) is 1.47. The maximum absolute atomic E-state index is 3.88. The molecule has 1 heterocycles. The summed E-state index contributed by atoms with van der Waals surface area (Å²) in [5.74, 6) is 0.734. The van der Waals surface area contributed by atoms with Crippen LogP contribution >= 0.6 is 27.3 Å². The Bertz CT molecular complexity index is 456. The molecule has 0 saturated heterocycles. The third kappa shape index (κ3) is 2.18.